The Morgan fingerprint density at radius 2 is 2.35 bits per heavy atom. The van der Waals surface area contributed by atoms with Gasteiger partial charge in [0.25, 0.3) is 0 Å². The molecule has 4 rings (SSSR count). The van der Waals surface area contributed by atoms with Crippen LogP contribution in [0.5, 0.6) is 0 Å². The molecule has 1 spiro atoms. The third-order valence-electron chi connectivity index (χ3n) is 4.66. The normalized spacial score (nSPS) is 28.6. The summed E-state index contributed by atoms with van der Waals surface area (Å²) >= 11 is 1.69. The van der Waals surface area contributed by atoms with Crippen LogP contribution in [0.3, 0.4) is 0 Å². The van der Waals surface area contributed by atoms with E-state index >= 15 is 0 Å². The van der Waals surface area contributed by atoms with Crippen molar-refractivity contribution in [3.05, 3.63) is 17.3 Å². The van der Waals surface area contributed by atoms with Gasteiger partial charge in [-0.3, -0.25) is 0 Å². The van der Waals surface area contributed by atoms with E-state index in [1.807, 2.05) is 0 Å². The lowest BCUT2D eigenvalue weighted by Gasteiger charge is -2.47. The summed E-state index contributed by atoms with van der Waals surface area (Å²) < 4.78 is 12.0. The maximum absolute atomic E-state index is 6.31. The fraction of sp³-hybridized carbons (Fsp3) is 0.647. The van der Waals surface area contributed by atoms with Crippen LogP contribution in [0.4, 0.5) is 5.82 Å². The van der Waals surface area contributed by atoms with E-state index in [-0.39, 0.29) is 11.7 Å². The molecule has 0 radical (unpaired) electrons. The number of aromatic nitrogens is 2. The fourth-order valence-electron chi connectivity index (χ4n) is 3.71. The molecule has 0 amide bonds. The molecule has 124 valence electrons. The molecule has 0 aromatic carbocycles. The van der Waals surface area contributed by atoms with Crippen LogP contribution < -0.4 is 4.90 Å². The van der Waals surface area contributed by atoms with Gasteiger partial charge in [0.05, 0.1) is 24.6 Å². The van der Waals surface area contributed by atoms with E-state index in [0.717, 1.165) is 60.8 Å². The quantitative estimate of drug-likeness (QED) is 0.845. The number of morpholine rings is 1. The van der Waals surface area contributed by atoms with Crippen LogP contribution in [0.1, 0.15) is 32.5 Å². The second kappa shape index (κ2) is 6.00. The number of anilines is 1. The van der Waals surface area contributed by atoms with Crippen molar-refractivity contribution in [1.82, 2.24) is 9.97 Å². The van der Waals surface area contributed by atoms with Crippen LogP contribution in [0.25, 0.3) is 10.2 Å². The van der Waals surface area contributed by atoms with Gasteiger partial charge in [-0.25, -0.2) is 9.97 Å². The zero-order chi connectivity index (χ0) is 15.9. The van der Waals surface area contributed by atoms with Crippen LogP contribution in [-0.4, -0.2) is 48.0 Å². The highest BCUT2D eigenvalue weighted by Crippen LogP contribution is 2.35. The molecule has 2 aromatic rings. The molecule has 0 saturated carbocycles. The van der Waals surface area contributed by atoms with Gasteiger partial charge in [-0.2, -0.15) is 0 Å². The van der Waals surface area contributed by atoms with Gasteiger partial charge in [-0.15, -0.1) is 11.3 Å². The third-order valence-corrected chi connectivity index (χ3v) is 5.47. The largest absolute Gasteiger partial charge is 0.378 e. The molecule has 0 N–H and O–H groups in total. The number of aryl methyl sites for hydroxylation is 1. The number of nitrogens with zero attached hydrogens (tertiary/aromatic N) is 3. The lowest BCUT2D eigenvalue weighted by atomic mass is 9.93. The van der Waals surface area contributed by atoms with Crippen molar-refractivity contribution in [3.8, 4) is 0 Å². The minimum atomic E-state index is -0.185. The third kappa shape index (κ3) is 2.84. The number of hydrogen-bond acceptors (Lipinski definition) is 6. The number of hydrogen-bond donors (Lipinski definition) is 0. The summed E-state index contributed by atoms with van der Waals surface area (Å²) in [6.07, 6.45) is 3.17. The molecule has 5 nitrogen and oxygen atoms in total. The van der Waals surface area contributed by atoms with Crippen molar-refractivity contribution >= 4 is 27.4 Å². The molecule has 2 aliphatic rings. The van der Waals surface area contributed by atoms with Crippen LogP contribution in [-0.2, 0) is 15.9 Å². The van der Waals surface area contributed by atoms with E-state index < -0.39 is 0 Å². The van der Waals surface area contributed by atoms with Gasteiger partial charge in [0.15, 0.2) is 0 Å². The minimum Gasteiger partial charge on any atom is -0.378 e. The predicted molar refractivity (Wildman–Crippen MR) is 92.3 cm³/mol. The average molecular weight is 333 g/mol. The summed E-state index contributed by atoms with van der Waals surface area (Å²) in [5.41, 5.74) is -0.185. The summed E-state index contributed by atoms with van der Waals surface area (Å²) in [5, 5.41) is 3.26. The summed E-state index contributed by atoms with van der Waals surface area (Å²) in [7, 11) is 0. The maximum atomic E-state index is 6.31. The highest BCUT2D eigenvalue weighted by molar-refractivity contribution is 7.16. The van der Waals surface area contributed by atoms with Crippen LogP contribution in [0.2, 0.25) is 0 Å². The summed E-state index contributed by atoms with van der Waals surface area (Å²) in [4.78, 5) is 13.0. The first-order valence-corrected chi connectivity index (χ1v) is 9.32. The Labute approximate surface area is 140 Å². The Morgan fingerprint density at radius 3 is 3.13 bits per heavy atom. The Bertz CT molecular complexity index is 696. The molecule has 23 heavy (non-hydrogen) atoms. The van der Waals surface area contributed by atoms with E-state index in [2.05, 4.69) is 35.2 Å². The predicted octanol–water partition coefficient (Wildman–Crippen LogP) is 3.03. The van der Waals surface area contributed by atoms with E-state index in [1.54, 1.807) is 11.3 Å². The van der Waals surface area contributed by atoms with Crippen molar-refractivity contribution in [2.75, 3.05) is 31.2 Å². The van der Waals surface area contributed by atoms with Gasteiger partial charge in [0.2, 0.25) is 0 Å². The number of thiophene rings is 1. The Balaban J connectivity index is 1.72. The first-order chi connectivity index (χ1) is 11.2. The van der Waals surface area contributed by atoms with Crippen LogP contribution in [0, 0.1) is 0 Å². The van der Waals surface area contributed by atoms with Gasteiger partial charge in [0.1, 0.15) is 22.1 Å². The molecule has 2 aromatic heterocycles. The molecule has 2 saturated heterocycles. The molecule has 0 aliphatic carbocycles. The van der Waals surface area contributed by atoms with Crippen molar-refractivity contribution in [2.45, 2.75) is 44.8 Å². The van der Waals surface area contributed by atoms with Crippen molar-refractivity contribution < 1.29 is 9.47 Å². The van der Waals surface area contributed by atoms with Gasteiger partial charge >= 0.3 is 0 Å². The summed E-state index contributed by atoms with van der Waals surface area (Å²) in [6, 6.07) is 2.14. The van der Waals surface area contributed by atoms with Gasteiger partial charge in [-0.05, 0) is 31.2 Å². The lowest BCUT2D eigenvalue weighted by molar-refractivity contribution is -0.160. The SMILES string of the molecule is CCc1nc(N2C[C@H](C)O[C@]3(CCCOC3)C2)c2ccsc2n1. The molecule has 6 heteroatoms. The molecule has 2 atom stereocenters. The van der Waals surface area contributed by atoms with Crippen molar-refractivity contribution in [2.24, 2.45) is 0 Å². The lowest BCUT2D eigenvalue weighted by Crippen LogP contribution is -2.59. The molecular formula is C17H23N3O2S. The topological polar surface area (TPSA) is 47.5 Å². The Hall–Kier alpha value is -1.24. The first kappa shape index (κ1) is 15.3. The van der Waals surface area contributed by atoms with Gasteiger partial charge < -0.3 is 14.4 Å². The number of fused-ring (bicyclic) bond motifs is 1. The van der Waals surface area contributed by atoms with Crippen LogP contribution >= 0.6 is 11.3 Å². The highest BCUT2D eigenvalue weighted by Gasteiger charge is 2.42. The van der Waals surface area contributed by atoms with Gasteiger partial charge in [-0.1, -0.05) is 6.92 Å². The monoisotopic (exact) mass is 333 g/mol. The summed E-state index contributed by atoms with van der Waals surface area (Å²) in [5.74, 6) is 1.98. The Kier molecular flexibility index (Phi) is 3.99. The molecular weight excluding hydrogens is 310 g/mol. The van der Waals surface area contributed by atoms with E-state index in [1.165, 1.54) is 0 Å². The first-order valence-electron chi connectivity index (χ1n) is 8.44. The van der Waals surface area contributed by atoms with E-state index in [4.69, 9.17) is 14.5 Å². The Morgan fingerprint density at radius 1 is 1.43 bits per heavy atom. The van der Waals surface area contributed by atoms with Crippen molar-refractivity contribution in [1.29, 1.82) is 0 Å². The standard InChI is InChI=1S/C17H23N3O2S/c1-3-14-18-15(13-5-8-23-16(13)19-14)20-9-12(2)22-17(10-20)6-4-7-21-11-17/h5,8,12H,3-4,6-7,9-11H2,1-2H3/t12-,17+/m0/s1. The van der Waals surface area contributed by atoms with E-state index in [0.29, 0.717) is 6.61 Å². The number of ether oxygens (including phenoxy) is 2. The highest BCUT2D eigenvalue weighted by atomic mass is 32.1. The van der Waals surface area contributed by atoms with Gasteiger partial charge in [0, 0.05) is 19.6 Å². The fourth-order valence-corrected chi connectivity index (χ4v) is 4.49. The molecule has 0 unspecified atom stereocenters. The summed E-state index contributed by atoms with van der Waals surface area (Å²) in [6.45, 7) is 7.51. The second-order valence-corrected chi connectivity index (χ2v) is 7.50. The van der Waals surface area contributed by atoms with Crippen molar-refractivity contribution in [3.63, 3.8) is 0 Å². The van der Waals surface area contributed by atoms with Crippen LogP contribution in [0.15, 0.2) is 11.4 Å². The zero-order valence-electron chi connectivity index (χ0n) is 13.7. The minimum absolute atomic E-state index is 0.180. The smallest absolute Gasteiger partial charge is 0.141 e. The molecule has 2 fully saturated rings. The maximum Gasteiger partial charge on any atom is 0.141 e. The molecule has 2 aliphatic heterocycles. The number of rotatable bonds is 2. The zero-order valence-corrected chi connectivity index (χ0v) is 14.6. The molecule has 4 heterocycles. The average Bonchev–Trinajstić information content (AvgIpc) is 3.02. The van der Waals surface area contributed by atoms with E-state index in [9.17, 15) is 0 Å². The molecule has 0 bridgehead atoms. The second-order valence-electron chi connectivity index (χ2n) is 6.60.